The number of halogens is 2. The molecule has 1 saturated heterocycles. The van der Waals surface area contributed by atoms with Crippen molar-refractivity contribution in [2.24, 2.45) is 5.92 Å². The topological polar surface area (TPSA) is 35.6 Å². The van der Waals surface area contributed by atoms with Gasteiger partial charge < -0.3 is 10.2 Å². The van der Waals surface area contributed by atoms with Crippen molar-refractivity contribution < 1.29 is 13.6 Å². The number of fused-ring (bicyclic) bond motifs is 3. The minimum atomic E-state index is -0.284. The monoisotopic (exact) mass is 447 g/mol. The molecule has 6 heteroatoms. The molecule has 0 aliphatic carbocycles. The molecule has 1 N–H and O–H groups in total. The fourth-order valence-corrected chi connectivity index (χ4v) is 5.03. The van der Waals surface area contributed by atoms with Crippen LogP contribution >= 0.6 is 0 Å². The second kappa shape index (κ2) is 9.32. The lowest BCUT2D eigenvalue weighted by Gasteiger charge is -2.49. The molecular weight excluding hydrogens is 420 g/mol. The molecule has 1 fully saturated rings. The molecule has 2 atom stereocenters. The molecule has 0 aromatic heterocycles. The van der Waals surface area contributed by atoms with Gasteiger partial charge in [-0.15, -0.1) is 0 Å². The quantitative estimate of drug-likeness (QED) is 0.639. The fourth-order valence-electron chi connectivity index (χ4n) is 5.03. The van der Waals surface area contributed by atoms with E-state index in [9.17, 15) is 13.6 Å². The Morgan fingerprint density at radius 2 is 1.55 bits per heavy atom. The number of hydrogen-bond donors (Lipinski definition) is 1. The molecule has 1 amide bonds. The van der Waals surface area contributed by atoms with E-state index in [1.165, 1.54) is 35.5 Å². The predicted octanol–water partition coefficient (Wildman–Crippen LogP) is 4.14. The van der Waals surface area contributed by atoms with Crippen LogP contribution in [0.3, 0.4) is 0 Å². The summed E-state index contributed by atoms with van der Waals surface area (Å²) in [7, 11) is 0. The Bertz CT molecular complexity index is 1120. The summed E-state index contributed by atoms with van der Waals surface area (Å²) in [6.07, 6.45) is 0.691. The highest BCUT2D eigenvalue weighted by molar-refractivity contribution is 5.82. The Kier molecular flexibility index (Phi) is 6.09. The molecule has 0 radical (unpaired) electrons. The van der Waals surface area contributed by atoms with Gasteiger partial charge in [0, 0.05) is 38.4 Å². The predicted molar refractivity (Wildman–Crippen MR) is 125 cm³/mol. The Hall–Kier alpha value is -3.25. The van der Waals surface area contributed by atoms with Gasteiger partial charge in [-0.25, -0.2) is 8.78 Å². The van der Waals surface area contributed by atoms with Crippen LogP contribution in [0.25, 0.3) is 0 Å². The van der Waals surface area contributed by atoms with Gasteiger partial charge in [0.15, 0.2) is 0 Å². The van der Waals surface area contributed by atoms with Crippen molar-refractivity contribution in [2.75, 3.05) is 24.5 Å². The highest BCUT2D eigenvalue weighted by Gasteiger charge is 2.41. The Morgan fingerprint density at radius 1 is 0.879 bits per heavy atom. The molecule has 0 spiro atoms. The summed E-state index contributed by atoms with van der Waals surface area (Å²) < 4.78 is 26.5. The normalized spacial score (nSPS) is 20.1. The van der Waals surface area contributed by atoms with E-state index in [1.807, 2.05) is 18.2 Å². The summed E-state index contributed by atoms with van der Waals surface area (Å²) in [6, 6.07) is 21.2. The molecule has 5 rings (SSSR count). The summed E-state index contributed by atoms with van der Waals surface area (Å²) in [5.41, 5.74) is 4.35. The van der Waals surface area contributed by atoms with Crippen LogP contribution in [0.2, 0.25) is 0 Å². The smallest absolute Gasteiger partial charge is 0.225 e. The van der Waals surface area contributed by atoms with Crippen LogP contribution in [-0.2, 0) is 24.3 Å². The van der Waals surface area contributed by atoms with E-state index in [-0.39, 0.29) is 29.5 Å². The SMILES string of the molecule is O=C(NCc1ccc(F)cc1)[C@@H]1Cc2ccccc2N2CCN(Cc3ccc(F)cc3)C[C@H]12. The van der Waals surface area contributed by atoms with Gasteiger partial charge in [0.05, 0.1) is 12.0 Å². The van der Waals surface area contributed by atoms with Crippen molar-refractivity contribution in [1.82, 2.24) is 10.2 Å². The Labute approximate surface area is 192 Å². The minimum absolute atomic E-state index is 0.0208. The van der Waals surface area contributed by atoms with Crippen LogP contribution in [0.15, 0.2) is 72.8 Å². The maximum atomic E-state index is 13.3. The number of carbonyl (C=O) groups excluding carboxylic acids is 1. The average molecular weight is 448 g/mol. The largest absolute Gasteiger partial charge is 0.365 e. The molecule has 2 aliphatic rings. The van der Waals surface area contributed by atoms with Gasteiger partial charge in [0.2, 0.25) is 5.91 Å². The number of rotatable bonds is 5. The van der Waals surface area contributed by atoms with Gasteiger partial charge in [-0.3, -0.25) is 9.69 Å². The maximum Gasteiger partial charge on any atom is 0.225 e. The number of amides is 1. The second-order valence-corrected chi connectivity index (χ2v) is 8.91. The number of piperazine rings is 1. The highest BCUT2D eigenvalue weighted by Crippen LogP contribution is 2.36. The fraction of sp³-hybridized carbons (Fsp3) is 0.296. The maximum absolute atomic E-state index is 13.3. The first-order chi connectivity index (χ1) is 16.1. The van der Waals surface area contributed by atoms with Crippen molar-refractivity contribution >= 4 is 11.6 Å². The lowest BCUT2D eigenvalue weighted by atomic mass is 9.83. The first kappa shape index (κ1) is 21.6. The standard InChI is InChI=1S/C27H27F2N3O/c28-22-9-5-19(6-10-22)16-30-27(33)24-15-21-3-1-2-4-25(21)32-14-13-31(18-26(24)32)17-20-7-11-23(29)12-8-20/h1-12,24,26H,13-18H2,(H,30,33)/t24-,26-/m1/s1. The number of para-hydroxylation sites is 1. The zero-order valence-corrected chi connectivity index (χ0v) is 18.4. The van der Waals surface area contributed by atoms with Crippen LogP contribution < -0.4 is 10.2 Å². The molecule has 0 bridgehead atoms. The molecule has 33 heavy (non-hydrogen) atoms. The number of anilines is 1. The summed E-state index contributed by atoms with van der Waals surface area (Å²) in [6.45, 7) is 3.59. The molecular formula is C27H27F2N3O. The van der Waals surface area contributed by atoms with E-state index in [2.05, 4.69) is 33.3 Å². The molecule has 0 unspecified atom stereocenters. The van der Waals surface area contributed by atoms with E-state index in [1.54, 1.807) is 12.1 Å². The van der Waals surface area contributed by atoms with Gasteiger partial charge in [0.1, 0.15) is 11.6 Å². The van der Waals surface area contributed by atoms with Crippen LogP contribution in [0.4, 0.5) is 14.5 Å². The molecule has 2 heterocycles. The summed E-state index contributed by atoms with van der Waals surface area (Å²) in [4.78, 5) is 18.1. The van der Waals surface area contributed by atoms with Crippen LogP contribution in [0, 0.1) is 17.6 Å². The number of hydrogen-bond acceptors (Lipinski definition) is 3. The summed E-state index contributed by atoms with van der Waals surface area (Å²) in [5, 5.41) is 3.07. The molecule has 2 aliphatic heterocycles. The van der Waals surface area contributed by atoms with Crippen molar-refractivity contribution in [1.29, 1.82) is 0 Å². The van der Waals surface area contributed by atoms with Crippen molar-refractivity contribution in [2.45, 2.75) is 25.6 Å². The minimum Gasteiger partial charge on any atom is -0.365 e. The Balaban J connectivity index is 1.33. The second-order valence-electron chi connectivity index (χ2n) is 8.91. The molecule has 3 aromatic rings. The lowest BCUT2D eigenvalue weighted by Crippen LogP contribution is -2.60. The van der Waals surface area contributed by atoms with Crippen LogP contribution in [0.1, 0.15) is 16.7 Å². The van der Waals surface area contributed by atoms with Crippen molar-refractivity contribution in [3.05, 3.63) is 101 Å². The first-order valence-electron chi connectivity index (χ1n) is 11.4. The summed E-state index contributed by atoms with van der Waals surface area (Å²) >= 11 is 0. The zero-order chi connectivity index (χ0) is 22.8. The molecule has 170 valence electrons. The van der Waals surface area contributed by atoms with Gasteiger partial charge in [-0.05, 0) is 53.4 Å². The highest BCUT2D eigenvalue weighted by atomic mass is 19.1. The third-order valence-corrected chi connectivity index (χ3v) is 6.74. The molecule has 3 aromatic carbocycles. The van der Waals surface area contributed by atoms with Gasteiger partial charge in [-0.1, -0.05) is 42.5 Å². The van der Waals surface area contributed by atoms with Gasteiger partial charge in [-0.2, -0.15) is 0 Å². The lowest BCUT2D eigenvalue weighted by molar-refractivity contribution is -0.126. The van der Waals surface area contributed by atoms with Crippen LogP contribution in [0.5, 0.6) is 0 Å². The average Bonchev–Trinajstić information content (AvgIpc) is 2.84. The van der Waals surface area contributed by atoms with E-state index >= 15 is 0 Å². The van der Waals surface area contributed by atoms with Crippen molar-refractivity contribution in [3.8, 4) is 0 Å². The number of nitrogens with zero attached hydrogens (tertiary/aromatic N) is 2. The number of benzene rings is 3. The number of carbonyl (C=O) groups is 1. The molecule has 4 nitrogen and oxygen atoms in total. The third-order valence-electron chi connectivity index (χ3n) is 6.74. The van der Waals surface area contributed by atoms with E-state index < -0.39 is 0 Å². The van der Waals surface area contributed by atoms with Crippen LogP contribution in [-0.4, -0.2) is 36.5 Å². The first-order valence-corrected chi connectivity index (χ1v) is 11.4. The van der Waals surface area contributed by atoms with E-state index in [4.69, 9.17) is 0 Å². The molecule has 0 saturated carbocycles. The zero-order valence-electron chi connectivity index (χ0n) is 18.4. The van der Waals surface area contributed by atoms with E-state index in [0.29, 0.717) is 13.0 Å². The number of nitrogens with one attached hydrogen (secondary N) is 1. The van der Waals surface area contributed by atoms with Crippen molar-refractivity contribution in [3.63, 3.8) is 0 Å². The summed E-state index contributed by atoms with van der Waals surface area (Å²) in [5.74, 6) is -0.678. The van der Waals surface area contributed by atoms with E-state index in [0.717, 1.165) is 37.3 Å². The van der Waals surface area contributed by atoms with Gasteiger partial charge in [0.25, 0.3) is 0 Å². The van der Waals surface area contributed by atoms with Gasteiger partial charge >= 0.3 is 0 Å². The third kappa shape index (κ3) is 4.76. The Morgan fingerprint density at radius 3 is 2.27 bits per heavy atom.